The smallest absolute Gasteiger partial charge is 0.406 e. The first kappa shape index (κ1) is 26.2. The molecule has 6 rings (SSSR count). The molecular weight excluding hydrogens is 513 g/mol. The van der Waals surface area contributed by atoms with Crippen LogP contribution in [0.1, 0.15) is 97.6 Å². The van der Waals surface area contributed by atoms with Gasteiger partial charge < -0.3 is 9.84 Å². The average molecular weight is 544 g/mol. The molecule has 2 unspecified atom stereocenters. The molecule has 1 N–H and O–H groups in total. The van der Waals surface area contributed by atoms with Crippen LogP contribution in [0.25, 0.3) is 11.1 Å². The van der Waals surface area contributed by atoms with Crippen molar-refractivity contribution in [2.75, 3.05) is 0 Å². The minimum atomic E-state index is -4.85. The van der Waals surface area contributed by atoms with Gasteiger partial charge in [0.15, 0.2) is 6.17 Å². The fourth-order valence-corrected chi connectivity index (χ4v) is 6.87. The lowest BCUT2D eigenvalue weighted by molar-refractivity contribution is -0.274. The van der Waals surface area contributed by atoms with Crippen molar-refractivity contribution in [3.05, 3.63) is 82.4 Å². The molecule has 2 aromatic carbocycles. The third-order valence-electron chi connectivity index (χ3n) is 8.83. The van der Waals surface area contributed by atoms with Crippen molar-refractivity contribution in [1.82, 2.24) is 4.98 Å². The fourth-order valence-electron chi connectivity index (χ4n) is 6.87. The Hall–Kier alpha value is -3.00. The summed E-state index contributed by atoms with van der Waals surface area (Å²) in [6, 6.07) is 10.6. The summed E-state index contributed by atoms with van der Waals surface area (Å²) in [6.07, 6.45) is 0.764. The number of halogens is 5. The summed E-state index contributed by atoms with van der Waals surface area (Å²) < 4.78 is 72.7. The van der Waals surface area contributed by atoms with Crippen LogP contribution in [-0.2, 0) is 6.42 Å². The summed E-state index contributed by atoms with van der Waals surface area (Å²) in [4.78, 5) is 5.09. The quantitative estimate of drug-likeness (QED) is 0.328. The topological polar surface area (TPSA) is 42.4 Å². The number of rotatable bonds is 5. The van der Waals surface area contributed by atoms with E-state index in [1.165, 1.54) is 24.3 Å². The third-order valence-corrected chi connectivity index (χ3v) is 8.83. The Kier molecular flexibility index (Phi) is 6.64. The van der Waals surface area contributed by atoms with Crippen LogP contribution in [0.3, 0.4) is 0 Å². The number of aliphatic hydroxyl groups is 1. The molecule has 2 saturated carbocycles. The first-order valence-corrected chi connectivity index (χ1v) is 13.6. The van der Waals surface area contributed by atoms with Crippen molar-refractivity contribution < 1.29 is 31.8 Å². The predicted octanol–water partition coefficient (Wildman–Crippen LogP) is 8.65. The van der Waals surface area contributed by atoms with Crippen LogP contribution in [-0.4, -0.2) is 16.5 Å². The van der Waals surface area contributed by atoms with Crippen LogP contribution >= 0.6 is 0 Å². The fraction of sp³-hybridized carbons (Fsp3) is 0.452. The van der Waals surface area contributed by atoms with Crippen LogP contribution in [0.15, 0.2) is 48.5 Å². The normalized spacial score (nSPS) is 21.4. The van der Waals surface area contributed by atoms with Crippen molar-refractivity contribution in [3.8, 4) is 16.9 Å². The highest BCUT2D eigenvalue weighted by atomic mass is 19.4. The molecule has 8 heteroatoms. The number of aliphatic hydroxyl groups excluding tert-OH is 1. The minimum Gasteiger partial charge on any atom is -0.406 e. The number of nitrogens with zero attached hydrogens (tertiary/aromatic N) is 1. The molecule has 3 aliphatic carbocycles. The predicted molar refractivity (Wildman–Crippen MR) is 136 cm³/mol. The van der Waals surface area contributed by atoms with E-state index >= 15 is 4.39 Å². The molecule has 0 bridgehead atoms. The summed E-state index contributed by atoms with van der Waals surface area (Å²) in [5.74, 6) is -0.824. The van der Waals surface area contributed by atoms with Gasteiger partial charge in [-0.05, 0) is 84.9 Å². The largest absolute Gasteiger partial charge is 0.573 e. The summed E-state index contributed by atoms with van der Waals surface area (Å²) in [6.45, 7) is 0. The van der Waals surface area contributed by atoms with Gasteiger partial charge >= 0.3 is 6.36 Å². The molecule has 39 heavy (non-hydrogen) atoms. The van der Waals surface area contributed by atoms with Crippen LogP contribution in [0.4, 0.5) is 22.0 Å². The van der Waals surface area contributed by atoms with Crippen molar-refractivity contribution in [1.29, 1.82) is 0 Å². The summed E-state index contributed by atoms with van der Waals surface area (Å²) >= 11 is 0. The molecule has 0 amide bonds. The Labute approximate surface area is 224 Å². The van der Waals surface area contributed by atoms with Crippen LogP contribution in [0, 0.1) is 11.2 Å². The lowest BCUT2D eigenvalue weighted by Crippen LogP contribution is -2.38. The van der Waals surface area contributed by atoms with E-state index in [-0.39, 0.29) is 16.9 Å². The maximum Gasteiger partial charge on any atom is 0.573 e. The standard InChI is InChI=1S/C31H30F5NO2/c32-21-10-6-18(7-11-21)25-26-23(16-30(14-3-15-30)17-24(26)38)37-29(20-4-1-2-5-20)27(25)28(33)19-8-12-22(13-9-19)39-31(34,35)36/h6-13,20,24,28,38H,1-5,14-17H2. The van der Waals surface area contributed by atoms with Crippen LogP contribution in [0.5, 0.6) is 5.75 Å². The number of benzene rings is 2. The monoisotopic (exact) mass is 543 g/mol. The maximum absolute atomic E-state index is 16.7. The molecule has 3 aliphatic rings. The number of pyridine rings is 1. The summed E-state index contributed by atoms with van der Waals surface area (Å²) in [5.41, 5.74) is 3.65. The molecule has 0 aliphatic heterocycles. The Morgan fingerprint density at radius 2 is 1.62 bits per heavy atom. The SMILES string of the molecule is OC1CC2(CCC2)Cc2nc(C3CCCC3)c(C(F)c3ccc(OC(F)(F)F)cc3)c(-c3ccc(F)cc3)c21. The first-order valence-electron chi connectivity index (χ1n) is 13.6. The van der Waals surface area contributed by atoms with Gasteiger partial charge in [0.25, 0.3) is 0 Å². The number of fused-ring (bicyclic) bond motifs is 1. The number of alkyl halides is 4. The summed E-state index contributed by atoms with van der Waals surface area (Å²) in [5, 5.41) is 11.5. The van der Waals surface area contributed by atoms with Gasteiger partial charge in [0.2, 0.25) is 0 Å². The molecule has 2 atom stereocenters. The van der Waals surface area contributed by atoms with E-state index in [1.807, 2.05) is 0 Å². The Morgan fingerprint density at radius 1 is 0.949 bits per heavy atom. The van der Waals surface area contributed by atoms with E-state index < -0.39 is 30.2 Å². The zero-order chi connectivity index (χ0) is 27.4. The van der Waals surface area contributed by atoms with E-state index in [0.29, 0.717) is 40.8 Å². The number of ether oxygens (including phenoxy) is 1. The van der Waals surface area contributed by atoms with Crippen molar-refractivity contribution >= 4 is 0 Å². The Bertz CT molecular complexity index is 1340. The highest BCUT2D eigenvalue weighted by molar-refractivity contribution is 5.75. The zero-order valence-corrected chi connectivity index (χ0v) is 21.4. The highest BCUT2D eigenvalue weighted by Crippen LogP contribution is 2.56. The number of hydrogen-bond donors (Lipinski definition) is 1. The van der Waals surface area contributed by atoms with Gasteiger partial charge in [-0.3, -0.25) is 4.98 Å². The molecule has 2 fully saturated rings. The van der Waals surface area contributed by atoms with E-state index in [1.54, 1.807) is 12.1 Å². The second-order valence-corrected chi connectivity index (χ2v) is 11.4. The lowest BCUT2D eigenvalue weighted by Gasteiger charge is -2.47. The van der Waals surface area contributed by atoms with Gasteiger partial charge in [0.05, 0.1) is 11.8 Å². The van der Waals surface area contributed by atoms with Gasteiger partial charge in [-0.1, -0.05) is 43.5 Å². The van der Waals surface area contributed by atoms with Crippen molar-refractivity contribution in [3.63, 3.8) is 0 Å². The Balaban J connectivity index is 1.54. The van der Waals surface area contributed by atoms with Crippen molar-refractivity contribution in [2.24, 2.45) is 5.41 Å². The lowest BCUT2D eigenvalue weighted by atomic mass is 9.59. The molecule has 0 saturated heterocycles. The Morgan fingerprint density at radius 3 is 2.21 bits per heavy atom. The van der Waals surface area contributed by atoms with Gasteiger partial charge in [0, 0.05) is 22.7 Å². The van der Waals surface area contributed by atoms with Crippen LogP contribution < -0.4 is 4.74 Å². The molecular formula is C31H30F5NO2. The van der Waals surface area contributed by atoms with Gasteiger partial charge in [-0.25, -0.2) is 8.78 Å². The number of aromatic nitrogens is 1. The molecule has 0 radical (unpaired) electrons. The molecule has 206 valence electrons. The van der Waals surface area contributed by atoms with Gasteiger partial charge in [0.1, 0.15) is 11.6 Å². The van der Waals surface area contributed by atoms with E-state index in [9.17, 15) is 22.7 Å². The molecule has 3 nitrogen and oxygen atoms in total. The summed E-state index contributed by atoms with van der Waals surface area (Å²) in [7, 11) is 0. The van der Waals surface area contributed by atoms with Gasteiger partial charge in [-0.15, -0.1) is 13.2 Å². The molecule has 1 heterocycles. The second kappa shape index (κ2) is 9.88. The van der Waals surface area contributed by atoms with Crippen molar-refractivity contribution in [2.45, 2.75) is 82.3 Å². The van der Waals surface area contributed by atoms with Crippen LogP contribution in [0.2, 0.25) is 0 Å². The van der Waals surface area contributed by atoms with E-state index in [4.69, 9.17) is 4.98 Å². The third kappa shape index (κ3) is 5.04. The minimum absolute atomic E-state index is 0.0113. The first-order chi connectivity index (χ1) is 18.6. The van der Waals surface area contributed by atoms with E-state index in [2.05, 4.69) is 4.74 Å². The average Bonchev–Trinajstić information content (AvgIpc) is 3.41. The molecule has 1 aromatic heterocycles. The highest BCUT2D eigenvalue weighted by Gasteiger charge is 2.46. The maximum atomic E-state index is 16.7. The molecule has 1 spiro atoms. The second-order valence-electron chi connectivity index (χ2n) is 11.4. The molecule has 3 aromatic rings. The van der Waals surface area contributed by atoms with E-state index in [0.717, 1.165) is 62.8 Å². The van der Waals surface area contributed by atoms with Gasteiger partial charge in [-0.2, -0.15) is 0 Å². The zero-order valence-electron chi connectivity index (χ0n) is 21.4. The number of hydrogen-bond acceptors (Lipinski definition) is 3.